The normalized spacial score (nSPS) is 10.3. The molecule has 2 nitrogen and oxygen atoms in total. The molecule has 1 heterocycles. The quantitative estimate of drug-likeness (QED) is 0.677. The van der Waals surface area contributed by atoms with Crippen molar-refractivity contribution in [3.63, 3.8) is 0 Å². The Morgan fingerprint density at radius 1 is 1.33 bits per heavy atom. The molecule has 15 heavy (non-hydrogen) atoms. The first-order valence-electron chi connectivity index (χ1n) is 4.59. The maximum atomic E-state index is 8.83. The molecule has 0 N–H and O–H groups in total. The van der Waals surface area contributed by atoms with E-state index in [1.807, 2.05) is 32.0 Å². The lowest BCUT2D eigenvalue weighted by Gasteiger charge is -2.06. The summed E-state index contributed by atoms with van der Waals surface area (Å²) in [5, 5.41) is 10.2. The zero-order chi connectivity index (χ0) is 11.0. The Morgan fingerprint density at radius 3 is 2.73 bits per heavy atom. The largest absolute Gasteiger partial charge is 0.254 e. The van der Waals surface area contributed by atoms with Crippen LogP contribution in [0.15, 0.2) is 18.3 Å². The van der Waals surface area contributed by atoms with Crippen LogP contribution in [0, 0.1) is 25.2 Å². The molecule has 0 aliphatic heterocycles. The predicted molar refractivity (Wildman–Crippen MR) is 60.9 cm³/mol. The summed E-state index contributed by atoms with van der Waals surface area (Å²) in [5.74, 6) is 0. The van der Waals surface area contributed by atoms with Gasteiger partial charge in [0.25, 0.3) is 0 Å². The van der Waals surface area contributed by atoms with E-state index in [4.69, 9.17) is 16.9 Å². The first kappa shape index (κ1) is 9.95. The number of rotatable bonds is 0. The molecular formula is C12H9ClN2. The second-order valence-corrected chi connectivity index (χ2v) is 3.88. The summed E-state index contributed by atoms with van der Waals surface area (Å²) in [6, 6.07) is 5.93. The number of nitriles is 1. The second kappa shape index (κ2) is 3.52. The van der Waals surface area contributed by atoms with Gasteiger partial charge in [0.2, 0.25) is 0 Å². The van der Waals surface area contributed by atoms with Crippen LogP contribution in [-0.2, 0) is 0 Å². The third-order valence-electron chi connectivity index (χ3n) is 2.62. The van der Waals surface area contributed by atoms with E-state index in [-0.39, 0.29) is 0 Å². The lowest BCUT2D eigenvalue weighted by Crippen LogP contribution is -1.90. The molecular weight excluding hydrogens is 208 g/mol. The molecule has 0 bridgehead atoms. The minimum atomic E-state index is 0.424. The Kier molecular flexibility index (Phi) is 2.34. The highest BCUT2D eigenvalue weighted by Gasteiger charge is 2.08. The lowest BCUT2D eigenvalue weighted by molar-refractivity contribution is 1.30. The molecule has 0 radical (unpaired) electrons. The molecule has 0 atom stereocenters. The molecule has 1 aromatic carbocycles. The van der Waals surface area contributed by atoms with E-state index >= 15 is 0 Å². The number of aryl methyl sites for hydroxylation is 2. The van der Waals surface area contributed by atoms with E-state index in [1.54, 1.807) is 0 Å². The molecule has 74 valence electrons. The fraction of sp³-hybridized carbons (Fsp3) is 0.167. The first-order valence-corrected chi connectivity index (χ1v) is 4.97. The van der Waals surface area contributed by atoms with Crippen LogP contribution in [0.4, 0.5) is 0 Å². The number of aromatic nitrogens is 1. The molecule has 1 aromatic heterocycles. The third kappa shape index (κ3) is 1.45. The van der Waals surface area contributed by atoms with Crippen molar-refractivity contribution in [2.24, 2.45) is 0 Å². The van der Waals surface area contributed by atoms with E-state index in [0.29, 0.717) is 10.6 Å². The monoisotopic (exact) mass is 216 g/mol. The van der Waals surface area contributed by atoms with Gasteiger partial charge in [-0.2, -0.15) is 5.26 Å². The molecule has 0 saturated heterocycles. The molecule has 2 rings (SSSR count). The lowest BCUT2D eigenvalue weighted by atomic mass is 10.0. The number of hydrogen-bond donors (Lipinski definition) is 0. The van der Waals surface area contributed by atoms with Crippen molar-refractivity contribution in [1.29, 1.82) is 5.26 Å². The summed E-state index contributed by atoms with van der Waals surface area (Å²) >= 11 is 6.10. The Morgan fingerprint density at radius 2 is 2.07 bits per heavy atom. The second-order valence-electron chi connectivity index (χ2n) is 3.50. The van der Waals surface area contributed by atoms with E-state index in [0.717, 1.165) is 16.5 Å². The van der Waals surface area contributed by atoms with Gasteiger partial charge in [-0.3, -0.25) is 4.98 Å². The van der Waals surface area contributed by atoms with Crippen molar-refractivity contribution in [3.8, 4) is 6.07 Å². The summed E-state index contributed by atoms with van der Waals surface area (Å²) in [6.45, 7) is 4.04. The average Bonchev–Trinajstić information content (AvgIpc) is 2.24. The van der Waals surface area contributed by atoms with Gasteiger partial charge in [0, 0.05) is 11.6 Å². The van der Waals surface area contributed by atoms with Crippen molar-refractivity contribution >= 4 is 22.5 Å². The van der Waals surface area contributed by atoms with Crippen LogP contribution >= 0.6 is 11.6 Å². The molecule has 0 fully saturated rings. The van der Waals surface area contributed by atoms with E-state index in [2.05, 4.69) is 4.98 Å². The maximum absolute atomic E-state index is 8.83. The summed E-state index contributed by atoms with van der Waals surface area (Å²) in [4.78, 5) is 4.27. The minimum absolute atomic E-state index is 0.424. The highest BCUT2D eigenvalue weighted by atomic mass is 35.5. The van der Waals surface area contributed by atoms with Crippen molar-refractivity contribution < 1.29 is 0 Å². The molecule has 0 spiro atoms. The molecule has 3 heteroatoms. The molecule has 0 saturated carbocycles. The summed E-state index contributed by atoms with van der Waals surface area (Å²) in [5.41, 5.74) is 3.58. The van der Waals surface area contributed by atoms with Gasteiger partial charge in [0.15, 0.2) is 0 Å². The predicted octanol–water partition coefficient (Wildman–Crippen LogP) is 3.38. The number of fused-ring (bicyclic) bond motifs is 1. The smallest absolute Gasteiger partial charge is 0.102 e. The van der Waals surface area contributed by atoms with Gasteiger partial charge in [0.1, 0.15) is 6.07 Å². The van der Waals surface area contributed by atoms with Gasteiger partial charge < -0.3 is 0 Å². The Bertz CT molecular complexity index is 582. The SMILES string of the molecule is Cc1ccc2c(Cl)c(C#N)cnc2c1C. The summed E-state index contributed by atoms with van der Waals surface area (Å²) in [6.07, 6.45) is 1.52. The van der Waals surface area contributed by atoms with Gasteiger partial charge in [-0.15, -0.1) is 0 Å². The third-order valence-corrected chi connectivity index (χ3v) is 3.03. The van der Waals surface area contributed by atoms with E-state index < -0.39 is 0 Å². The highest BCUT2D eigenvalue weighted by Crippen LogP contribution is 2.28. The minimum Gasteiger partial charge on any atom is -0.254 e. The van der Waals surface area contributed by atoms with Gasteiger partial charge in [-0.05, 0) is 25.0 Å². The molecule has 0 aliphatic rings. The number of hydrogen-bond acceptors (Lipinski definition) is 2. The van der Waals surface area contributed by atoms with Crippen LogP contribution in [-0.4, -0.2) is 4.98 Å². The van der Waals surface area contributed by atoms with Crippen molar-refractivity contribution in [3.05, 3.63) is 40.0 Å². The molecule has 0 unspecified atom stereocenters. The Hall–Kier alpha value is -1.59. The highest BCUT2D eigenvalue weighted by molar-refractivity contribution is 6.36. The number of benzene rings is 1. The fourth-order valence-electron chi connectivity index (χ4n) is 1.55. The number of halogens is 1. The van der Waals surface area contributed by atoms with Crippen LogP contribution < -0.4 is 0 Å². The standard InChI is InChI=1S/C12H9ClN2/c1-7-3-4-10-11(13)9(5-14)6-15-12(10)8(7)2/h3-4,6H,1-2H3. The maximum Gasteiger partial charge on any atom is 0.102 e. The topological polar surface area (TPSA) is 36.7 Å². The van der Waals surface area contributed by atoms with Crippen molar-refractivity contribution in [1.82, 2.24) is 4.98 Å². The van der Waals surface area contributed by atoms with E-state index in [9.17, 15) is 0 Å². The zero-order valence-electron chi connectivity index (χ0n) is 8.50. The molecule has 0 aliphatic carbocycles. The Balaban J connectivity index is 2.93. The van der Waals surface area contributed by atoms with Gasteiger partial charge in [0.05, 0.1) is 16.1 Å². The molecule has 2 aromatic rings. The zero-order valence-corrected chi connectivity index (χ0v) is 9.26. The number of pyridine rings is 1. The van der Waals surface area contributed by atoms with E-state index in [1.165, 1.54) is 11.8 Å². The van der Waals surface area contributed by atoms with Crippen LogP contribution in [0.3, 0.4) is 0 Å². The molecule has 0 amide bonds. The van der Waals surface area contributed by atoms with Gasteiger partial charge in [-0.1, -0.05) is 23.7 Å². The van der Waals surface area contributed by atoms with Crippen molar-refractivity contribution in [2.45, 2.75) is 13.8 Å². The van der Waals surface area contributed by atoms with Crippen LogP contribution in [0.5, 0.6) is 0 Å². The van der Waals surface area contributed by atoms with Crippen molar-refractivity contribution in [2.75, 3.05) is 0 Å². The van der Waals surface area contributed by atoms with Crippen LogP contribution in [0.2, 0.25) is 5.02 Å². The summed E-state index contributed by atoms with van der Waals surface area (Å²) in [7, 11) is 0. The Labute approximate surface area is 93.1 Å². The fourth-order valence-corrected chi connectivity index (χ4v) is 1.80. The van der Waals surface area contributed by atoms with Gasteiger partial charge in [-0.25, -0.2) is 0 Å². The van der Waals surface area contributed by atoms with Crippen LogP contribution in [0.25, 0.3) is 10.9 Å². The summed E-state index contributed by atoms with van der Waals surface area (Å²) < 4.78 is 0. The average molecular weight is 217 g/mol. The number of nitrogens with zero attached hydrogens (tertiary/aromatic N) is 2. The van der Waals surface area contributed by atoms with Crippen LogP contribution in [0.1, 0.15) is 16.7 Å². The van der Waals surface area contributed by atoms with Gasteiger partial charge >= 0.3 is 0 Å². The first-order chi connectivity index (χ1) is 7.15.